The largest absolute Gasteiger partial charge is 0.481 e. The van der Waals surface area contributed by atoms with Gasteiger partial charge in [0.1, 0.15) is 0 Å². The topological polar surface area (TPSA) is 49.8 Å². The first-order chi connectivity index (χ1) is 8.58. The van der Waals surface area contributed by atoms with Crippen molar-refractivity contribution in [3.63, 3.8) is 0 Å². The van der Waals surface area contributed by atoms with Gasteiger partial charge < -0.3 is 9.84 Å². The molecule has 4 nitrogen and oxygen atoms in total. The van der Waals surface area contributed by atoms with Crippen molar-refractivity contribution in [2.45, 2.75) is 58.5 Å². The molecule has 0 amide bonds. The molecule has 0 aromatic rings. The average Bonchev–Trinajstić information content (AvgIpc) is 2.36. The minimum atomic E-state index is -0.728. The molecule has 1 saturated heterocycles. The summed E-state index contributed by atoms with van der Waals surface area (Å²) in [5.41, 5.74) is 0. The second-order valence-corrected chi connectivity index (χ2v) is 5.38. The number of rotatable bonds is 7. The first kappa shape index (κ1) is 15.4. The molecule has 1 aliphatic heterocycles. The number of ether oxygens (including phenoxy) is 1. The highest BCUT2D eigenvalue weighted by atomic mass is 16.5. The SMILES string of the molecule is CCC(C)CC(CC)N1CCOCC1CC(=O)O. The second-order valence-electron chi connectivity index (χ2n) is 5.38. The van der Waals surface area contributed by atoms with Gasteiger partial charge in [0.25, 0.3) is 0 Å². The van der Waals surface area contributed by atoms with Gasteiger partial charge in [-0.3, -0.25) is 9.69 Å². The van der Waals surface area contributed by atoms with Crippen LogP contribution in [0.2, 0.25) is 0 Å². The van der Waals surface area contributed by atoms with Crippen LogP contribution in [0.5, 0.6) is 0 Å². The molecule has 18 heavy (non-hydrogen) atoms. The van der Waals surface area contributed by atoms with Gasteiger partial charge in [0.15, 0.2) is 0 Å². The molecule has 3 atom stereocenters. The van der Waals surface area contributed by atoms with Crippen molar-refractivity contribution in [1.29, 1.82) is 0 Å². The summed E-state index contributed by atoms with van der Waals surface area (Å²) in [4.78, 5) is 13.3. The van der Waals surface area contributed by atoms with E-state index < -0.39 is 5.97 Å². The van der Waals surface area contributed by atoms with Gasteiger partial charge >= 0.3 is 5.97 Å². The van der Waals surface area contributed by atoms with Crippen molar-refractivity contribution >= 4 is 5.97 Å². The smallest absolute Gasteiger partial charge is 0.305 e. The molecular weight excluding hydrogens is 230 g/mol. The average molecular weight is 257 g/mol. The summed E-state index contributed by atoms with van der Waals surface area (Å²) in [5, 5.41) is 8.98. The lowest BCUT2D eigenvalue weighted by Crippen LogP contribution is -2.51. The maximum absolute atomic E-state index is 10.9. The maximum Gasteiger partial charge on any atom is 0.305 e. The van der Waals surface area contributed by atoms with Gasteiger partial charge in [-0.25, -0.2) is 0 Å². The number of carbonyl (C=O) groups is 1. The predicted octanol–water partition coefficient (Wildman–Crippen LogP) is 2.38. The lowest BCUT2D eigenvalue weighted by Gasteiger charge is -2.41. The molecule has 1 N–H and O–H groups in total. The number of morpholine rings is 1. The van der Waals surface area contributed by atoms with Crippen LogP contribution in [-0.4, -0.2) is 47.8 Å². The van der Waals surface area contributed by atoms with Gasteiger partial charge in [-0.15, -0.1) is 0 Å². The molecule has 1 heterocycles. The zero-order chi connectivity index (χ0) is 13.5. The second kappa shape index (κ2) is 7.74. The van der Waals surface area contributed by atoms with E-state index in [4.69, 9.17) is 9.84 Å². The fourth-order valence-corrected chi connectivity index (χ4v) is 2.69. The summed E-state index contributed by atoms with van der Waals surface area (Å²) in [6.45, 7) is 8.84. The standard InChI is InChI=1S/C14H27NO3/c1-4-11(3)8-12(5-2)15-6-7-18-10-13(15)9-14(16)17/h11-13H,4-10H2,1-3H3,(H,16,17). The van der Waals surface area contributed by atoms with Gasteiger partial charge in [-0.05, 0) is 18.8 Å². The highest BCUT2D eigenvalue weighted by Gasteiger charge is 2.30. The summed E-state index contributed by atoms with van der Waals surface area (Å²) >= 11 is 0. The molecule has 4 heteroatoms. The Kier molecular flexibility index (Phi) is 6.65. The molecule has 1 aliphatic rings. The Morgan fingerprint density at radius 1 is 1.44 bits per heavy atom. The Bertz CT molecular complexity index is 257. The van der Waals surface area contributed by atoms with E-state index in [1.54, 1.807) is 0 Å². The van der Waals surface area contributed by atoms with E-state index in [0.29, 0.717) is 18.6 Å². The number of carboxylic acids is 1. The Hall–Kier alpha value is -0.610. The lowest BCUT2D eigenvalue weighted by molar-refractivity contribution is -0.141. The molecule has 1 rings (SSSR count). The third kappa shape index (κ3) is 4.58. The monoisotopic (exact) mass is 257 g/mol. The van der Waals surface area contributed by atoms with E-state index in [9.17, 15) is 4.79 Å². The van der Waals surface area contributed by atoms with E-state index in [1.165, 1.54) is 6.42 Å². The molecule has 0 aromatic carbocycles. The van der Waals surface area contributed by atoms with Crippen LogP contribution >= 0.6 is 0 Å². The number of hydrogen-bond acceptors (Lipinski definition) is 3. The van der Waals surface area contributed by atoms with Crippen LogP contribution in [0.25, 0.3) is 0 Å². The lowest BCUT2D eigenvalue weighted by atomic mass is 9.94. The minimum Gasteiger partial charge on any atom is -0.481 e. The Balaban J connectivity index is 2.63. The van der Waals surface area contributed by atoms with Crippen molar-refractivity contribution in [2.24, 2.45) is 5.92 Å². The molecular formula is C14H27NO3. The summed E-state index contributed by atoms with van der Waals surface area (Å²) in [5.74, 6) is -0.0304. The van der Waals surface area contributed by atoms with E-state index in [2.05, 4.69) is 25.7 Å². The first-order valence-electron chi connectivity index (χ1n) is 7.13. The molecule has 0 bridgehead atoms. The van der Waals surface area contributed by atoms with Crippen molar-refractivity contribution in [3.8, 4) is 0 Å². The zero-order valence-electron chi connectivity index (χ0n) is 11.9. The summed E-state index contributed by atoms with van der Waals surface area (Å²) in [6.07, 6.45) is 3.62. The van der Waals surface area contributed by atoms with Crippen molar-refractivity contribution in [3.05, 3.63) is 0 Å². The predicted molar refractivity (Wildman–Crippen MR) is 71.7 cm³/mol. The third-order valence-electron chi connectivity index (χ3n) is 3.99. The van der Waals surface area contributed by atoms with Crippen molar-refractivity contribution in [2.75, 3.05) is 19.8 Å². The number of hydrogen-bond donors (Lipinski definition) is 1. The fraction of sp³-hybridized carbons (Fsp3) is 0.929. The highest BCUT2D eigenvalue weighted by molar-refractivity contribution is 5.67. The third-order valence-corrected chi connectivity index (χ3v) is 3.99. The highest BCUT2D eigenvalue weighted by Crippen LogP contribution is 2.22. The van der Waals surface area contributed by atoms with Crippen LogP contribution in [-0.2, 0) is 9.53 Å². The van der Waals surface area contributed by atoms with E-state index >= 15 is 0 Å². The Labute approximate surface area is 110 Å². The molecule has 0 saturated carbocycles. The van der Waals surface area contributed by atoms with Crippen LogP contribution in [0.1, 0.15) is 46.5 Å². The van der Waals surface area contributed by atoms with Crippen LogP contribution in [0.15, 0.2) is 0 Å². The molecule has 1 fully saturated rings. The summed E-state index contributed by atoms with van der Waals surface area (Å²) < 4.78 is 5.43. The van der Waals surface area contributed by atoms with E-state index in [1.807, 2.05) is 0 Å². The van der Waals surface area contributed by atoms with E-state index in [0.717, 1.165) is 26.0 Å². The molecule has 0 spiro atoms. The maximum atomic E-state index is 10.9. The van der Waals surface area contributed by atoms with Gasteiger partial charge in [0, 0.05) is 18.6 Å². The van der Waals surface area contributed by atoms with Crippen LogP contribution in [0.4, 0.5) is 0 Å². The Morgan fingerprint density at radius 2 is 2.17 bits per heavy atom. The number of aliphatic carboxylic acids is 1. The van der Waals surface area contributed by atoms with E-state index in [-0.39, 0.29) is 12.5 Å². The van der Waals surface area contributed by atoms with Gasteiger partial charge in [0.05, 0.1) is 19.6 Å². The van der Waals surface area contributed by atoms with Crippen LogP contribution in [0.3, 0.4) is 0 Å². The minimum absolute atomic E-state index is 0.0465. The number of nitrogens with zero attached hydrogens (tertiary/aromatic N) is 1. The van der Waals surface area contributed by atoms with Crippen molar-refractivity contribution in [1.82, 2.24) is 4.90 Å². The molecule has 0 aliphatic carbocycles. The van der Waals surface area contributed by atoms with Gasteiger partial charge in [0.2, 0.25) is 0 Å². The van der Waals surface area contributed by atoms with Crippen molar-refractivity contribution < 1.29 is 14.6 Å². The van der Waals surface area contributed by atoms with Gasteiger partial charge in [-0.2, -0.15) is 0 Å². The quantitative estimate of drug-likeness (QED) is 0.760. The molecule has 3 unspecified atom stereocenters. The molecule has 0 aromatic heterocycles. The normalized spacial score (nSPS) is 24.7. The zero-order valence-corrected chi connectivity index (χ0v) is 11.9. The summed E-state index contributed by atoms with van der Waals surface area (Å²) in [7, 11) is 0. The van der Waals surface area contributed by atoms with Gasteiger partial charge in [-0.1, -0.05) is 27.2 Å². The summed E-state index contributed by atoms with van der Waals surface area (Å²) in [6, 6.07) is 0.540. The fourth-order valence-electron chi connectivity index (χ4n) is 2.69. The first-order valence-corrected chi connectivity index (χ1v) is 7.13. The van der Waals surface area contributed by atoms with Crippen LogP contribution < -0.4 is 0 Å². The number of carboxylic acid groups (broad SMARTS) is 1. The molecule has 106 valence electrons. The molecule has 0 radical (unpaired) electrons. The Morgan fingerprint density at radius 3 is 2.72 bits per heavy atom. The van der Waals surface area contributed by atoms with Crippen LogP contribution in [0, 0.1) is 5.92 Å².